The van der Waals surface area contributed by atoms with E-state index < -0.39 is 6.35 Å². The summed E-state index contributed by atoms with van der Waals surface area (Å²) in [7, 11) is 0. The van der Waals surface area contributed by atoms with Gasteiger partial charge in [-0.15, -0.1) is 6.58 Å². The monoisotopic (exact) mass is 556 g/mol. The number of hydrogen-bond donors (Lipinski definition) is 5. The fraction of sp³-hybridized carbons (Fsp3) is 0.844. The molecule has 39 heavy (non-hydrogen) atoms. The van der Waals surface area contributed by atoms with Gasteiger partial charge in [0.15, 0.2) is 6.35 Å². The van der Waals surface area contributed by atoms with Gasteiger partial charge in [0, 0.05) is 34.2 Å². The van der Waals surface area contributed by atoms with Crippen LogP contribution in [0.5, 0.6) is 0 Å². The van der Waals surface area contributed by atoms with Gasteiger partial charge in [-0.05, 0) is 95.4 Å². The number of rotatable bonds is 16. The molecule has 1 saturated carbocycles. The molecule has 3 atom stereocenters. The predicted molar refractivity (Wildman–Crippen MR) is 173 cm³/mol. The van der Waals surface area contributed by atoms with Gasteiger partial charge in [0.25, 0.3) is 0 Å². The van der Waals surface area contributed by atoms with E-state index in [-0.39, 0.29) is 14.9 Å². The van der Waals surface area contributed by atoms with Crippen molar-refractivity contribution in [3.8, 4) is 0 Å². The number of likely N-dealkylation sites (tertiary alicyclic amines) is 1. The summed E-state index contributed by atoms with van der Waals surface area (Å²) in [6, 6.07) is -0.0980. The summed E-state index contributed by atoms with van der Waals surface area (Å²) in [6.45, 7) is 21.3. The summed E-state index contributed by atoms with van der Waals surface area (Å²) in [5, 5.41) is 19.1. The molecule has 1 heterocycles. The van der Waals surface area contributed by atoms with Gasteiger partial charge in [0.2, 0.25) is 0 Å². The third-order valence-corrected chi connectivity index (χ3v) is 7.99. The molecule has 2 aliphatic rings. The van der Waals surface area contributed by atoms with Crippen LogP contribution in [0.1, 0.15) is 115 Å². The molecule has 234 valence electrons. The van der Waals surface area contributed by atoms with E-state index in [9.17, 15) is 9.90 Å². The molecule has 2 amide bonds. The van der Waals surface area contributed by atoms with Crippen molar-refractivity contribution in [2.45, 2.75) is 120 Å². The summed E-state index contributed by atoms with van der Waals surface area (Å²) in [4.78, 5) is 13.3. The van der Waals surface area contributed by atoms with Gasteiger partial charge < -0.3 is 21.5 Å². The Morgan fingerprint density at radius 3 is 2.26 bits per heavy atom. The van der Waals surface area contributed by atoms with Crippen LogP contribution in [0, 0.1) is 17.3 Å². The molecule has 2 rings (SSSR count). The van der Waals surface area contributed by atoms with E-state index in [4.69, 9.17) is 5.73 Å². The van der Waals surface area contributed by atoms with Crippen LogP contribution in [-0.4, -0.2) is 61.7 Å². The fourth-order valence-corrected chi connectivity index (χ4v) is 4.60. The highest BCUT2D eigenvalue weighted by molar-refractivity contribution is 5.73. The number of carbonyl (C=O) groups is 1. The van der Waals surface area contributed by atoms with Crippen LogP contribution < -0.4 is 21.7 Å². The summed E-state index contributed by atoms with van der Waals surface area (Å²) in [5.41, 5.74) is 7.54. The average Bonchev–Trinajstić information content (AvgIpc) is 3.70. The topological polar surface area (TPSA) is 103 Å². The minimum absolute atomic E-state index is 0. The van der Waals surface area contributed by atoms with Gasteiger partial charge in [-0.3, -0.25) is 10.2 Å². The highest BCUT2D eigenvalue weighted by atomic mass is 16.3. The second-order valence-electron chi connectivity index (χ2n) is 10.8. The highest BCUT2D eigenvalue weighted by Gasteiger charge is 2.45. The molecule has 3 unspecified atom stereocenters. The van der Waals surface area contributed by atoms with Gasteiger partial charge in [0.1, 0.15) is 0 Å². The summed E-state index contributed by atoms with van der Waals surface area (Å²) in [6.07, 6.45) is 15.7. The molecule has 0 bridgehead atoms. The van der Waals surface area contributed by atoms with Gasteiger partial charge in [-0.2, -0.15) is 0 Å². The molecule has 0 aromatic carbocycles. The maximum atomic E-state index is 11.1. The van der Waals surface area contributed by atoms with Crippen molar-refractivity contribution in [3.63, 3.8) is 0 Å². The molecule has 7 nitrogen and oxygen atoms in total. The Bertz CT molecular complexity index is 633. The maximum Gasteiger partial charge on any atom is 0.314 e. The molecule has 0 aromatic rings. The molecule has 1 aliphatic heterocycles. The van der Waals surface area contributed by atoms with E-state index in [1.165, 1.54) is 44.1 Å². The van der Waals surface area contributed by atoms with Crippen molar-refractivity contribution < 1.29 is 11.3 Å². The summed E-state index contributed by atoms with van der Waals surface area (Å²) >= 11 is 0. The Morgan fingerprint density at radius 1 is 1.13 bits per heavy atom. The number of nitrogens with two attached hydrogens (primary N) is 1. The van der Waals surface area contributed by atoms with Gasteiger partial charge >= 0.3 is 6.03 Å². The van der Waals surface area contributed by atoms with Crippen LogP contribution in [0.4, 0.5) is 4.79 Å². The lowest BCUT2D eigenvalue weighted by molar-refractivity contribution is -0.0404. The third-order valence-electron chi connectivity index (χ3n) is 7.99. The highest BCUT2D eigenvalue weighted by Crippen LogP contribution is 2.53. The number of urea groups is 1. The lowest BCUT2D eigenvalue weighted by Crippen LogP contribution is -2.49. The van der Waals surface area contributed by atoms with E-state index in [0.29, 0.717) is 31.0 Å². The first-order valence-electron chi connectivity index (χ1n) is 15.5. The SMILES string of the molecule is C.C/C=C(\CCC(C)CC)CNC(O)N1CCC2(CC1)CC2.C=CC(CCCN)CCNC(=O)NCC.CC.[HH]. The smallest absolute Gasteiger partial charge is 0.314 e. The minimum Gasteiger partial charge on any atom is -0.365 e. The van der Waals surface area contributed by atoms with Crippen LogP contribution in [0.2, 0.25) is 0 Å². The molecule has 0 aromatic heterocycles. The van der Waals surface area contributed by atoms with Gasteiger partial charge in [-0.25, -0.2) is 4.79 Å². The van der Waals surface area contributed by atoms with E-state index in [1.807, 2.05) is 26.8 Å². The number of amides is 2. The molecule has 0 radical (unpaired) electrons. The lowest BCUT2D eigenvalue weighted by Gasteiger charge is -2.35. The van der Waals surface area contributed by atoms with E-state index in [1.54, 1.807) is 0 Å². The first kappa shape index (κ1) is 39.7. The van der Waals surface area contributed by atoms with Crippen molar-refractivity contribution >= 4 is 6.03 Å². The Morgan fingerprint density at radius 2 is 1.77 bits per heavy atom. The van der Waals surface area contributed by atoms with Crippen molar-refractivity contribution in [2.24, 2.45) is 23.0 Å². The standard InChI is InChI=1S/C18H34N2O.C11H23N3O.C2H6.CH4.H2/c1-4-15(3)6-7-16(5-2)14-19-17(21)20-12-10-18(8-9-18)11-13-20;1-3-10(6-5-8-12)7-9-14-11(15)13-4-2;1-2;;/h5,15,17,19,21H,4,6-14H2,1-3H3;3,10H,1,4-9,12H2,2H3,(H2,13,14,15);1-2H3;1H4;1H/b16-5+;;;;. The van der Waals surface area contributed by atoms with E-state index >= 15 is 0 Å². The van der Waals surface area contributed by atoms with Crippen LogP contribution in [0.15, 0.2) is 24.3 Å². The molecular formula is C32H69N5O2. The minimum atomic E-state index is -0.473. The number of nitrogens with one attached hydrogen (secondary N) is 3. The molecular weight excluding hydrogens is 486 g/mol. The normalized spacial score (nSPS) is 18.2. The summed E-state index contributed by atoms with van der Waals surface area (Å²) < 4.78 is 0. The Balaban J connectivity index is -0.000000645. The van der Waals surface area contributed by atoms with Crippen LogP contribution in [0.25, 0.3) is 0 Å². The fourth-order valence-electron chi connectivity index (χ4n) is 4.60. The zero-order valence-corrected chi connectivity index (χ0v) is 25.8. The van der Waals surface area contributed by atoms with Crippen molar-refractivity contribution in [3.05, 3.63) is 24.3 Å². The first-order chi connectivity index (χ1) is 18.3. The maximum absolute atomic E-state index is 11.1. The lowest BCUT2D eigenvalue weighted by atomic mass is 9.94. The molecule has 2 fully saturated rings. The number of aliphatic hydroxyl groups excluding tert-OH is 1. The molecule has 7 heteroatoms. The van der Waals surface area contributed by atoms with Gasteiger partial charge in [-0.1, -0.05) is 59.3 Å². The number of hydrogen-bond acceptors (Lipinski definition) is 5. The second kappa shape index (κ2) is 24.4. The van der Waals surface area contributed by atoms with Crippen LogP contribution in [-0.2, 0) is 0 Å². The zero-order chi connectivity index (χ0) is 28.8. The summed E-state index contributed by atoms with van der Waals surface area (Å²) in [5.74, 6) is 1.25. The molecule has 1 saturated heterocycles. The largest absolute Gasteiger partial charge is 0.365 e. The van der Waals surface area contributed by atoms with Crippen molar-refractivity contribution in [2.75, 3.05) is 39.3 Å². The van der Waals surface area contributed by atoms with E-state index in [0.717, 1.165) is 51.2 Å². The number of carbonyl (C=O) groups excluding carboxylic acids is 1. The third kappa shape index (κ3) is 18.5. The van der Waals surface area contributed by atoms with E-state index in [2.05, 4.69) is 54.3 Å². The first-order valence-corrected chi connectivity index (χ1v) is 15.5. The average molecular weight is 556 g/mol. The van der Waals surface area contributed by atoms with Gasteiger partial charge in [0.05, 0.1) is 0 Å². The Labute approximate surface area is 244 Å². The quantitative estimate of drug-likeness (QED) is 0.108. The number of aliphatic hydroxyl groups is 1. The number of piperidine rings is 1. The number of nitrogens with zero attached hydrogens (tertiary/aromatic N) is 1. The molecule has 1 aliphatic carbocycles. The number of allylic oxidation sites excluding steroid dienone is 2. The Hall–Kier alpha value is -1.41. The molecule has 1 spiro atoms. The van der Waals surface area contributed by atoms with Crippen molar-refractivity contribution in [1.29, 1.82) is 0 Å². The zero-order valence-electron chi connectivity index (χ0n) is 25.8. The predicted octanol–water partition coefficient (Wildman–Crippen LogP) is 6.65. The van der Waals surface area contributed by atoms with Crippen LogP contribution >= 0.6 is 0 Å². The van der Waals surface area contributed by atoms with Crippen molar-refractivity contribution in [1.82, 2.24) is 20.9 Å². The molecule has 6 N–H and O–H groups in total. The second-order valence-corrected chi connectivity index (χ2v) is 10.8. The van der Waals surface area contributed by atoms with Crippen LogP contribution in [0.3, 0.4) is 0 Å². The Kier molecular flexibility index (Phi) is 24.8.